The molecule has 6 nitrogen and oxygen atoms in total. The first-order valence-electron chi connectivity index (χ1n) is 8.61. The Morgan fingerprint density at radius 2 is 1.57 bits per heavy atom. The molecule has 0 fully saturated rings. The fourth-order valence-corrected chi connectivity index (χ4v) is 2.57. The summed E-state index contributed by atoms with van der Waals surface area (Å²) in [6.45, 7) is 0.812. The van der Waals surface area contributed by atoms with Crippen LogP contribution in [-0.2, 0) is 6.54 Å². The Hall–Kier alpha value is -3.93. The van der Waals surface area contributed by atoms with Gasteiger partial charge in [0.25, 0.3) is 0 Å². The van der Waals surface area contributed by atoms with E-state index < -0.39 is 5.97 Å². The number of rotatable bonds is 4. The summed E-state index contributed by atoms with van der Waals surface area (Å²) in [7, 11) is 0. The van der Waals surface area contributed by atoms with E-state index in [1.807, 2.05) is 55.1 Å². The molecule has 2 aromatic heterocycles. The number of benzene rings is 2. The van der Waals surface area contributed by atoms with Crippen molar-refractivity contribution in [1.82, 2.24) is 14.5 Å². The molecule has 2 heterocycles. The van der Waals surface area contributed by atoms with E-state index in [1.165, 1.54) is 29.8 Å². The van der Waals surface area contributed by atoms with E-state index >= 15 is 0 Å². The Bertz CT molecular complexity index is 1010. The van der Waals surface area contributed by atoms with Gasteiger partial charge in [0.15, 0.2) is 0 Å². The molecule has 28 heavy (non-hydrogen) atoms. The van der Waals surface area contributed by atoms with Gasteiger partial charge in [-0.3, -0.25) is 4.98 Å². The lowest BCUT2D eigenvalue weighted by molar-refractivity contribution is 0.0697. The van der Waals surface area contributed by atoms with Crippen molar-refractivity contribution in [2.45, 2.75) is 6.54 Å². The van der Waals surface area contributed by atoms with E-state index in [1.54, 1.807) is 0 Å². The lowest BCUT2D eigenvalue weighted by atomic mass is 10.2. The molecule has 6 heteroatoms. The fraction of sp³-hybridized carbons (Fsp3) is 0.0455. The predicted octanol–water partition coefficient (Wildman–Crippen LogP) is 4.08. The van der Waals surface area contributed by atoms with Crippen LogP contribution in [0.5, 0.6) is 5.75 Å². The number of hydrogen-bond donors (Lipinski definition) is 2. The third-order valence-electron chi connectivity index (χ3n) is 3.96. The molecule has 0 aliphatic rings. The van der Waals surface area contributed by atoms with Crippen molar-refractivity contribution in [1.29, 1.82) is 0 Å². The molecule has 0 atom stereocenters. The summed E-state index contributed by atoms with van der Waals surface area (Å²) in [6.07, 6.45) is 7.47. The summed E-state index contributed by atoms with van der Waals surface area (Å²) in [6, 6.07) is 19.6. The molecule has 0 unspecified atom stereocenters. The number of phenols is 1. The van der Waals surface area contributed by atoms with E-state index in [2.05, 4.69) is 26.7 Å². The number of carboxylic acids is 1. The largest absolute Gasteiger partial charge is 0.508 e. The number of nitrogens with zero attached hydrogens (tertiary/aromatic N) is 3. The first kappa shape index (κ1) is 18.8. The highest BCUT2D eigenvalue weighted by molar-refractivity contribution is 5.87. The SMILES string of the molecule is O=C(O)c1ccc(O)cc1.c1ccc(-c2nccn2Cc2ccncc2)cc1. The normalized spacial score (nSPS) is 10.0. The van der Waals surface area contributed by atoms with Gasteiger partial charge in [-0.15, -0.1) is 0 Å². The minimum Gasteiger partial charge on any atom is -0.508 e. The molecule has 2 N–H and O–H groups in total. The molecule has 140 valence electrons. The smallest absolute Gasteiger partial charge is 0.335 e. The molecule has 4 aromatic rings. The van der Waals surface area contributed by atoms with Crippen LogP contribution in [0.4, 0.5) is 0 Å². The maximum atomic E-state index is 10.2. The number of carbonyl (C=O) groups is 1. The number of hydrogen-bond acceptors (Lipinski definition) is 4. The van der Waals surface area contributed by atoms with E-state index in [4.69, 9.17) is 10.2 Å². The number of carboxylic acid groups (broad SMARTS) is 1. The van der Waals surface area contributed by atoms with Crippen molar-refractivity contribution in [2.24, 2.45) is 0 Å². The fourth-order valence-electron chi connectivity index (χ4n) is 2.57. The van der Waals surface area contributed by atoms with Crippen molar-refractivity contribution in [3.05, 3.63) is 103 Å². The predicted molar refractivity (Wildman–Crippen MR) is 106 cm³/mol. The summed E-state index contributed by atoms with van der Waals surface area (Å²) in [5, 5.41) is 17.1. The lowest BCUT2D eigenvalue weighted by Gasteiger charge is -2.07. The van der Waals surface area contributed by atoms with E-state index in [0.717, 1.165) is 17.9 Å². The molecule has 0 spiro atoms. The Morgan fingerprint density at radius 1 is 0.893 bits per heavy atom. The molecular formula is C22H19N3O3. The van der Waals surface area contributed by atoms with Crippen molar-refractivity contribution in [3.63, 3.8) is 0 Å². The third-order valence-corrected chi connectivity index (χ3v) is 3.96. The molecule has 0 saturated heterocycles. The average Bonchev–Trinajstić information content (AvgIpc) is 3.18. The van der Waals surface area contributed by atoms with Crippen LogP contribution in [0, 0.1) is 0 Å². The summed E-state index contributed by atoms with van der Waals surface area (Å²) < 4.78 is 2.14. The maximum Gasteiger partial charge on any atom is 0.335 e. The van der Waals surface area contributed by atoms with Crippen LogP contribution in [0.1, 0.15) is 15.9 Å². The molecule has 2 aromatic carbocycles. The van der Waals surface area contributed by atoms with Gasteiger partial charge in [0.2, 0.25) is 0 Å². The first-order valence-corrected chi connectivity index (χ1v) is 8.61. The number of aromatic nitrogens is 3. The van der Waals surface area contributed by atoms with Gasteiger partial charge in [-0.1, -0.05) is 30.3 Å². The van der Waals surface area contributed by atoms with Crippen molar-refractivity contribution in [3.8, 4) is 17.1 Å². The average molecular weight is 373 g/mol. The summed E-state index contributed by atoms with van der Waals surface area (Å²) >= 11 is 0. The number of aromatic carboxylic acids is 1. The molecular weight excluding hydrogens is 354 g/mol. The highest BCUT2D eigenvalue weighted by Crippen LogP contribution is 2.17. The number of pyridine rings is 1. The van der Waals surface area contributed by atoms with Crippen LogP contribution in [0.2, 0.25) is 0 Å². The monoisotopic (exact) mass is 373 g/mol. The van der Waals surface area contributed by atoms with Gasteiger partial charge in [0.1, 0.15) is 11.6 Å². The molecule has 0 aliphatic heterocycles. The van der Waals surface area contributed by atoms with E-state index in [-0.39, 0.29) is 11.3 Å². The molecule has 0 amide bonds. The zero-order valence-electron chi connectivity index (χ0n) is 15.0. The van der Waals surface area contributed by atoms with Crippen LogP contribution in [-0.4, -0.2) is 30.7 Å². The Kier molecular flexibility index (Phi) is 6.15. The van der Waals surface area contributed by atoms with Gasteiger partial charge in [0, 0.05) is 36.9 Å². The molecule has 4 rings (SSSR count). The second-order valence-electron chi connectivity index (χ2n) is 5.95. The number of aromatic hydroxyl groups is 1. The molecule has 0 bridgehead atoms. The minimum atomic E-state index is -0.986. The Labute approximate surface area is 162 Å². The van der Waals surface area contributed by atoms with Gasteiger partial charge in [-0.05, 0) is 42.0 Å². The van der Waals surface area contributed by atoms with Crippen LogP contribution in [0.3, 0.4) is 0 Å². The van der Waals surface area contributed by atoms with Crippen LogP contribution in [0.15, 0.2) is 91.5 Å². The van der Waals surface area contributed by atoms with Gasteiger partial charge >= 0.3 is 5.97 Å². The van der Waals surface area contributed by atoms with Gasteiger partial charge in [0.05, 0.1) is 5.56 Å². The zero-order chi connectivity index (χ0) is 19.8. The lowest BCUT2D eigenvalue weighted by Crippen LogP contribution is -2.00. The summed E-state index contributed by atoms with van der Waals surface area (Å²) in [5.74, 6) is 0.0809. The highest BCUT2D eigenvalue weighted by Gasteiger charge is 2.05. The van der Waals surface area contributed by atoms with Crippen LogP contribution < -0.4 is 0 Å². The van der Waals surface area contributed by atoms with Crippen molar-refractivity contribution < 1.29 is 15.0 Å². The van der Waals surface area contributed by atoms with Crippen LogP contribution in [0.25, 0.3) is 11.4 Å². The second kappa shape index (κ2) is 9.14. The van der Waals surface area contributed by atoms with Crippen LogP contribution >= 0.6 is 0 Å². The van der Waals surface area contributed by atoms with Crippen molar-refractivity contribution >= 4 is 5.97 Å². The van der Waals surface area contributed by atoms with Gasteiger partial charge < -0.3 is 14.8 Å². The second-order valence-corrected chi connectivity index (χ2v) is 5.95. The summed E-state index contributed by atoms with van der Waals surface area (Å²) in [4.78, 5) is 18.7. The molecule has 0 aliphatic carbocycles. The molecule has 0 saturated carbocycles. The standard InChI is InChI=1S/C15H13N3.C7H6O3/c1-2-4-14(5-3-1)15-17-10-11-18(15)12-13-6-8-16-9-7-13;8-6-3-1-5(2-4-6)7(9)10/h1-11H,12H2;1-4,8H,(H,9,10). The Balaban J connectivity index is 0.000000192. The summed E-state index contributed by atoms with van der Waals surface area (Å²) in [5.41, 5.74) is 2.54. The third kappa shape index (κ3) is 5.04. The minimum absolute atomic E-state index is 0.0741. The quantitative estimate of drug-likeness (QED) is 0.563. The Morgan fingerprint density at radius 3 is 2.21 bits per heavy atom. The molecule has 0 radical (unpaired) electrons. The van der Waals surface area contributed by atoms with E-state index in [0.29, 0.717) is 0 Å². The van der Waals surface area contributed by atoms with Gasteiger partial charge in [-0.2, -0.15) is 0 Å². The van der Waals surface area contributed by atoms with Gasteiger partial charge in [-0.25, -0.2) is 9.78 Å². The van der Waals surface area contributed by atoms with E-state index in [9.17, 15) is 4.79 Å². The first-order chi connectivity index (χ1) is 13.6. The van der Waals surface area contributed by atoms with Crippen molar-refractivity contribution in [2.75, 3.05) is 0 Å². The highest BCUT2D eigenvalue weighted by atomic mass is 16.4. The number of imidazole rings is 1. The zero-order valence-corrected chi connectivity index (χ0v) is 15.0. The maximum absolute atomic E-state index is 10.2. The topological polar surface area (TPSA) is 88.2 Å². The number of phenolic OH excluding ortho intramolecular Hbond substituents is 1.